The lowest BCUT2D eigenvalue weighted by Gasteiger charge is -2.13. The van der Waals surface area contributed by atoms with E-state index in [-0.39, 0.29) is 24.0 Å². The summed E-state index contributed by atoms with van der Waals surface area (Å²) in [5.41, 5.74) is 2.39. The van der Waals surface area contributed by atoms with E-state index in [0.717, 1.165) is 43.4 Å². The Kier molecular flexibility index (Phi) is 8.76. The summed E-state index contributed by atoms with van der Waals surface area (Å²) in [4.78, 5) is 23.3. The van der Waals surface area contributed by atoms with E-state index in [1.165, 1.54) is 5.56 Å². The number of carbonyl (C=O) groups is 2. The zero-order chi connectivity index (χ0) is 21.9. The minimum atomic E-state index is -0.0817. The molecule has 1 fully saturated rings. The second-order valence-electron chi connectivity index (χ2n) is 8.08. The minimum Gasteiger partial charge on any atom is -0.491 e. The summed E-state index contributed by atoms with van der Waals surface area (Å²) < 4.78 is 5.92. The maximum absolute atomic E-state index is 12.0. The van der Waals surface area contributed by atoms with E-state index in [0.29, 0.717) is 19.6 Å². The molecule has 6 heteroatoms. The van der Waals surface area contributed by atoms with Crippen LogP contribution in [0.3, 0.4) is 0 Å². The minimum absolute atomic E-state index is 0.0605. The summed E-state index contributed by atoms with van der Waals surface area (Å²) >= 11 is 0. The fourth-order valence-electron chi connectivity index (χ4n) is 3.84. The first-order valence-electron chi connectivity index (χ1n) is 11.2. The molecule has 1 heterocycles. The van der Waals surface area contributed by atoms with Crippen LogP contribution in [0.1, 0.15) is 50.2 Å². The summed E-state index contributed by atoms with van der Waals surface area (Å²) in [6.07, 6.45) is 5.13. The standard InChI is InChI=1S/C25H33N3O3/c1-19-22(28-25(30)27-19)13-6-3-7-15-24(29)26-16-17-31-23-14-9-8-12-21(23)18-20-10-4-2-5-11-20/h2,4-5,8-12,14,19,22H,3,6-7,13,15-18H2,1H3,(H,26,29)(H2,27,28,30). The molecule has 1 saturated heterocycles. The second kappa shape index (κ2) is 12.0. The molecule has 2 unspecified atom stereocenters. The van der Waals surface area contributed by atoms with Gasteiger partial charge < -0.3 is 20.7 Å². The van der Waals surface area contributed by atoms with Gasteiger partial charge in [-0.05, 0) is 37.0 Å². The molecule has 0 bridgehead atoms. The maximum Gasteiger partial charge on any atom is 0.315 e. The third-order valence-electron chi connectivity index (χ3n) is 5.59. The van der Waals surface area contributed by atoms with Crippen molar-refractivity contribution in [3.8, 4) is 5.75 Å². The van der Waals surface area contributed by atoms with Crippen LogP contribution in [0.4, 0.5) is 4.79 Å². The zero-order valence-electron chi connectivity index (χ0n) is 18.2. The van der Waals surface area contributed by atoms with Crippen LogP contribution >= 0.6 is 0 Å². The summed E-state index contributed by atoms with van der Waals surface area (Å²) in [6.45, 7) is 2.96. The maximum atomic E-state index is 12.0. The van der Waals surface area contributed by atoms with Crippen molar-refractivity contribution in [3.63, 3.8) is 0 Å². The van der Waals surface area contributed by atoms with Gasteiger partial charge in [0.05, 0.1) is 12.6 Å². The van der Waals surface area contributed by atoms with E-state index in [1.807, 2.05) is 43.3 Å². The molecule has 3 amide bonds. The number of carbonyl (C=O) groups excluding carboxylic acids is 2. The summed E-state index contributed by atoms with van der Waals surface area (Å²) in [6, 6.07) is 18.6. The Balaban J connectivity index is 1.28. The molecule has 3 N–H and O–H groups in total. The molecule has 31 heavy (non-hydrogen) atoms. The van der Waals surface area contributed by atoms with E-state index >= 15 is 0 Å². The molecule has 6 nitrogen and oxygen atoms in total. The first-order valence-corrected chi connectivity index (χ1v) is 11.2. The Labute approximate surface area is 184 Å². The summed E-state index contributed by atoms with van der Waals surface area (Å²) in [7, 11) is 0. The molecule has 0 radical (unpaired) electrons. The van der Waals surface area contributed by atoms with Gasteiger partial charge in [0.25, 0.3) is 0 Å². The third-order valence-corrected chi connectivity index (χ3v) is 5.59. The van der Waals surface area contributed by atoms with Crippen molar-refractivity contribution in [2.45, 2.75) is 57.5 Å². The Morgan fingerprint density at radius 2 is 1.77 bits per heavy atom. The number of unbranched alkanes of at least 4 members (excludes halogenated alkanes) is 2. The summed E-state index contributed by atoms with van der Waals surface area (Å²) in [5, 5.41) is 8.72. The van der Waals surface area contributed by atoms with E-state index in [4.69, 9.17) is 4.74 Å². The predicted molar refractivity (Wildman–Crippen MR) is 122 cm³/mol. The van der Waals surface area contributed by atoms with Gasteiger partial charge in [-0.15, -0.1) is 0 Å². The Morgan fingerprint density at radius 1 is 1.00 bits per heavy atom. The van der Waals surface area contributed by atoms with Crippen LogP contribution in [0.2, 0.25) is 0 Å². The van der Waals surface area contributed by atoms with Crippen molar-refractivity contribution in [2.75, 3.05) is 13.2 Å². The molecule has 0 aliphatic carbocycles. The van der Waals surface area contributed by atoms with E-state index in [1.54, 1.807) is 0 Å². The fourth-order valence-corrected chi connectivity index (χ4v) is 3.84. The number of hydrogen-bond donors (Lipinski definition) is 3. The number of hydrogen-bond acceptors (Lipinski definition) is 3. The van der Waals surface area contributed by atoms with Crippen molar-refractivity contribution in [1.82, 2.24) is 16.0 Å². The Bertz CT molecular complexity index is 841. The van der Waals surface area contributed by atoms with E-state index in [9.17, 15) is 9.59 Å². The van der Waals surface area contributed by atoms with Gasteiger partial charge in [-0.2, -0.15) is 0 Å². The molecular formula is C25H33N3O3. The lowest BCUT2D eigenvalue weighted by atomic mass is 10.0. The van der Waals surface area contributed by atoms with Gasteiger partial charge in [0.15, 0.2) is 0 Å². The fraction of sp³-hybridized carbons (Fsp3) is 0.440. The highest BCUT2D eigenvalue weighted by atomic mass is 16.5. The predicted octanol–water partition coefficient (Wildman–Crippen LogP) is 3.79. The van der Waals surface area contributed by atoms with E-state index in [2.05, 4.69) is 34.1 Å². The quantitative estimate of drug-likeness (QED) is 0.455. The van der Waals surface area contributed by atoms with Gasteiger partial charge in [0.1, 0.15) is 12.4 Å². The van der Waals surface area contributed by atoms with Gasteiger partial charge in [-0.3, -0.25) is 4.79 Å². The van der Waals surface area contributed by atoms with Gasteiger partial charge >= 0.3 is 6.03 Å². The highest BCUT2D eigenvalue weighted by molar-refractivity contribution is 5.77. The molecule has 2 aromatic carbocycles. The topological polar surface area (TPSA) is 79.5 Å². The number of benzene rings is 2. The first kappa shape index (κ1) is 22.7. The second-order valence-corrected chi connectivity index (χ2v) is 8.08. The van der Waals surface area contributed by atoms with Gasteiger partial charge in [-0.25, -0.2) is 4.79 Å². The van der Waals surface area contributed by atoms with Crippen LogP contribution in [0.5, 0.6) is 5.75 Å². The van der Waals surface area contributed by atoms with Crippen molar-refractivity contribution in [1.29, 1.82) is 0 Å². The zero-order valence-corrected chi connectivity index (χ0v) is 18.2. The van der Waals surface area contributed by atoms with Gasteiger partial charge in [0.2, 0.25) is 5.91 Å². The van der Waals surface area contributed by atoms with Crippen LogP contribution in [-0.2, 0) is 11.2 Å². The van der Waals surface area contributed by atoms with Crippen LogP contribution in [0.15, 0.2) is 54.6 Å². The number of amides is 3. The number of rotatable bonds is 12. The SMILES string of the molecule is CC1NC(=O)NC1CCCCCC(=O)NCCOc1ccccc1Cc1ccccc1. The average molecular weight is 424 g/mol. The Hall–Kier alpha value is -3.02. The lowest BCUT2D eigenvalue weighted by Crippen LogP contribution is -2.30. The molecule has 0 aromatic heterocycles. The molecule has 0 spiro atoms. The molecule has 3 rings (SSSR count). The van der Waals surface area contributed by atoms with Crippen molar-refractivity contribution in [3.05, 3.63) is 65.7 Å². The molecule has 1 aliphatic heterocycles. The smallest absolute Gasteiger partial charge is 0.315 e. The number of ether oxygens (including phenoxy) is 1. The van der Waals surface area contributed by atoms with Crippen LogP contribution in [0.25, 0.3) is 0 Å². The Morgan fingerprint density at radius 3 is 2.55 bits per heavy atom. The van der Waals surface area contributed by atoms with Crippen LogP contribution in [0, 0.1) is 0 Å². The summed E-state index contributed by atoms with van der Waals surface area (Å²) in [5.74, 6) is 0.925. The first-order chi connectivity index (χ1) is 15.1. The third kappa shape index (κ3) is 7.63. The van der Waals surface area contributed by atoms with E-state index < -0.39 is 0 Å². The monoisotopic (exact) mass is 423 g/mol. The van der Waals surface area contributed by atoms with Gasteiger partial charge in [-0.1, -0.05) is 61.4 Å². The van der Waals surface area contributed by atoms with Crippen molar-refractivity contribution < 1.29 is 14.3 Å². The van der Waals surface area contributed by atoms with Crippen LogP contribution < -0.4 is 20.7 Å². The largest absolute Gasteiger partial charge is 0.491 e. The highest BCUT2D eigenvalue weighted by Crippen LogP contribution is 2.21. The van der Waals surface area contributed by atoms with Crippen LogP contribution in [-0.4, -0.2) is 37.2 Å². The van der Waals surface area contributed by atoms with Crippen molar-refractivity contribution in [2.24, 2.45) is 0 Å². The molecule has 2 atom stereocenters. The number of urea groups is 1. The molecule has 2 aromatic rings. The lowest BCUT2D eigenvalue weighted by molar-refractivity contribution is -0.121. The number of para-hydroxylation sites is 1. The number of nitrogens with one attached hydrogen (secondary N) is 3. The normalized spacial score (nSPS) is 17.6. The highest BCUT2D eigenvalue weighted by Gasteiger charge is 2.26. The molecule has 0 saturated carbocycles. The van der Waals surface area contributed by atoms with Crippen molar-refractivity contribution >= 4 is 11.9 Å². The average Bonchev–Trinajstić information content (AvgIpc) is 3.09. The molecule has 166 valence electrons. The van der Waals surface area contributed by atoms with Gasteiger partial charge in [0, 0.05) is 18.9 Å². The molecular weight excluding hydrogens is 390 g/mol. The molecule has 1 aliphatic rings.